The maximum Gasteiger partial charge on any atom is 0.0314 e. The molecule has 1 aliphatic carbocycles. The van der Waals surface area contributed by atoms with Crippen molar-refractivity contribution >= 4 is 17.4 Å². The molecule has 0 saturated heterocycles. The maximum absolute atomic E-state index is 5.68. The van der Waals surface area contributed by atoms with Gasteiger partial charge in [0, 0.05) is 16.7 Å². The summed E-state index contributed by atoms with van der Waals surface area (Å²) >= 11 is 2.12. The SMILES string of the molecule is CC1CCCC(SCc2ccc(N)cc2)C1. The van der Waals surface area contributed by atoms with E-state index in [1.807, 2.05) is 12.1 Å². The van der Waals surface area contributed by atoms with Crippen LogP contribution >= 0.6 is 11.8 Å². The monoisotopic (exact) mass is 235 g/mol. The van der Waals surface area contributed by atoms with Gasteiger partial charge in [-0.15, -0.1) is 0 Å². The van der Waals surface area contributed by atoms with Gasteiger partial charge in [0.1, 0.15) is 0 Å². The van der Waals surface area contributed by atoms with Crippen LogP contribution in [0.1, 0.15) is 38.2 Å². The first-order valence-corrected chi connectivity index (χ1v) is 7.25. The van der Waals surface area contributed by atoms with E-state index >= 15 is 0 Å². The highest BCUT2D eigenvalue weighted by atomic mass is 32.2. The van der Waals surface area contributed by atoms with Crippen LogP contribution in [-0.4, -0.2) is 5.25 Å². The number of nitrogens with two attached hydrogens (primary N) is 1. The van der Waals surface area contributed by atoms with Crippen molar-refractivity contribution in [2.45, 2.75) is 43.6 Å². The van der Waals surface area contributed by atoms with Crippen LogP contribution in [-0.2, 0) is 5.75 Å². The molecular weight excluding hydrogens is 214 g/mol. The molecule has 1 saturated carbocycles. The third kappa shape index (κ3) is 3.44. The van der Waals surface area contributed by atoms with Gasteiger partial charge in [-0.25, -0.2) is 0 Å². The number of hydrogen-bond donors (Lipinski definition) is 1. The number of nitrogen functional groups attached to an aromatic ring is 1. The van der Waals surface area contributed by atoms with Crippen molar-refractivity contribution in [2.75, 3.05) is 5.73 Å². The van der Waals surface area contributed by atoms with Gasteiger partial charge in [0.25, 0.3) is 0 Å². The van der Waals surface area contributed by atoms with E-state index in [2.05, 4.69) is 30.8 Å². The van der Waals surface area contributed by atoms with Gasteiger partial charge >= 0.3 is 0 Å². The Labute approximate surface area is 103 Å². The molecule has 2 atom stereocenters. The molecule has 0 amide bonds. The summed E-state index contributed by atoms with van der Waals surface area (Å²) in [6.07, 6.45) is 5.66. The zero-order valence-corrected chi connectivity index (χ0v) is 10.8. The van der Waals surface area contributed by atoms with E-state index in [9.17, 15) is 0 Å². The Hall–Kier alpha value is -0.630. The van der Waals surface area contributed by atoms with Crippen molar-refractivity contribution in [3.8, 4) is 0 Å². The van der Waals surface area contributed by atoms with Gasteiger partial charge < -0.3 is 5.73 Å². The van der Waals surface area contributed by atoms with Crippen LogP contribution in [0.15, 0.2) is 24.3 Å². The standard InChI is InChI=1S/C14H21NS/c1-11-3-2-4-14(9-11)16-10-12-5-7-13(15)8-6-12/h5-8,11,14H,2-4,9-10,15H2,1H3. The van der Waals surface area contributed by atoms with E-state index in [1.54, 1.807) is 0 Å². The molecule has 16 heavy (non-hydrogen) atoms. The van der Waals surface area contributed by atoms with Gasteiger partial charge in [-0.3, -0.25) is 0 Å². The van der Waals surface area contributed by atoms with Crippen LogP contribution in [0.25, 0.3) is 0 Å². The van der Waals surface area contributed by atoms with Gasteiger partial charge in [-0.2, -0.15) is 11.8 Å². The fourth-order valence-corrected chi connectivity index (χ4v) is 3.78. The Morgan fingerprint density at radius 3 is 2.69 bits per heavy atom. The average Bonchev–Trinajstić information content (AvgIpc) is 2.28. The second kappa shape index (κ2) is 5.62. The van der Waals surface area contributed by atoms with Crippen molar-refractivity contribution < 1.29 is 0 Å². The Morgan fingerprint density at radius 1 is 1.25 bits per heavy atom. The van der Waals surface area contributed by atoms with E-state index in [4.69, 9.17) is 5.73 Å². The largest absolute Gasteiger partial charge is 0.399 e. The smallest absolute Gasteiger partial charge is 0.0314 e. The van der Waals surface area contributed by atoms with Crippen LogP contribution in [0.5, 0.6) is 0 Å². The third-order valence-electron chi connectivity index (χ3n) is 3.35. The minimum absolute atomic E-state index is 0.861. The Morgan fingerprint density at radius 2 is 2.00 bits per heavy atom. The summed E-state index contributed by atoms with van der Waals surface area (Å²) < 4.78 is 0. The lowest BCUT2D eigenvalue weighted by atomic mass is 9.91. The number of hydrogen-bond acceptors (Lipinski definition) is 2. The van der Waals surface area contributed by atoms with Crippen molar-refractivity contribution in [1.82, 2.24) is 0 Å². The first kappa shape index (κ1) is 11.8. The molecule has 2 unspecified atom stereocenters. The van der Waals surface area contributed by atoms with Gasteiger partial charge in [-0.1, -0.05) is 31.9 Å². The number of benzene rings is 1. The number of thioether (sulfide) groups is 1. The fourth-order valence-electron chi connectivity index (χ4n) is 2.36. The summed E-state index contributed by atoms with van der Waals surface area (Å²) in [4.78, 5) is 0. The molecule has 1 fully saturated rings. The van der Waals surface area contributed by atoms with E-state index in [0.29, 0.717) is 0 Å². The summed E-state index contributed by atoms with van der Waals surface area (Å²) in [6, 6.07) is 8.29. The lowest BCUT2D eigenvalue weighted by Crippen LogP contribution is -2.15. The van der Waals surface area contributed by atoms with Crippen molar-refractivity contribution in [3.63, 3.8) is 0 Å². The predicted molar refractivity (Wildman–Crippen MR) is 73.6 cm³/mol. The first-order valence-electron chi connectivity index (χ1n) is 6.20. The lowest BCUT2D eigenvalue weighted by molar-refractivity contribution is 0.394. The second-order valence-corrected chi connectivity index (χ2v) is 6.24. The van der Waals surface area contributed by atoms with E-state index < -0.39 is 0 Å². The van der Waals surface area contributed by atoms with Gasteiger partial charge in [0.05, 0.1) is 0 Å². The maximum atomic E-state index is 5.68. The highest BCUT2D eigenvalue weighted by Gasteiger charge is 2.18. The summed E-state index contributed by atoms with van der Waals surface area (Å²) in [5, 5.41) is 0.876. The van der Waals surface area contributed by atoms with Crippen LogP contribution in [0.4, 0.5) is 5.69 Å². The first-order chi connectivity index (χ1) is 7.74. The predicted octanol–water partition coefficient (Wildman–Crippen LogP) is 4.08. The number of rotatable bonds is 3. The summed E-state index contributed by atoms with van der Waals surface area (Å²) in [5.74, 6) is 2.06. The molecule has 0 spiro atoms. The molecule has 0 aliphatic heterocycles. The second-order valence-electron chi connectivity index (χ2n) is 4.95. The van der Waals surface area contributed by atoms with Crippen molar-refractivity contribution in [3.05, 3.63) is 29.8 Å². The molecular formula is C14H21NS. The Kier molecular flexibility index (Phi) is 4.16. The van der Waals surface area contributed by atoms with E-state index in [-0.39, 0.29) is 0 Å². The van der Waals surface area contributed by atoms with Gasteiger partial charge in [0.2, 0.25) is 0 Å². The molecule has 2 rings (SSSR count). The topological polar surface area (TPSA) is 26.0 Å². The van der Waals surface area contributed by atoms with Crippen molar-refractivity contribution in [1.29, 1.82) is 0 Å². The van der Waals surface area contributed by atoms with Crippen LogP contribution in [0.2, 0.25) is 0 Å². The highest BCUT2D eigenvalue weighted by molar-refractivity contribution is 7.99. The van der Waals surface area contributed by atoms with Gasteiger partial charge in [-0.05, 0) is 36.5 Å². The molecule has 0 aromatic heterocycles. The minimum Gasteiger partial charge on any atom is -0.399 e. The van der Waals surface area contributed by atoms with Crippen LogP contribution in [0, 0.1) is 5.92 Å². The summed E-state index contributed by atoms with van der Waals surface area (Å²) in [5.41, 5.74) is 7.94. The molecule has 1 aromatic rings. The molecule has 1 aromatic carbocycles. The molecule has 0 heterocycles. The zero-order valence-electron chi connectivity index (χ0n) is 9.99. The van der Waals surface area contributed by atoms with Crippen molar-refractivity contribution in [2.24, 2.45) is 5.92 Å². The highest BCUT2D eigenvalue weighted by Crippen LogP contribution is 2.33. The molecule has 0 radical (unpaired) electrons. The van der Waals surface area contributed by atoms with Crippen LogP contribution < -0.4 is 5.73 Å². The molecule has 88 valence electrons. The fraction of sp³-hybridized carbons (Fsp3) is 0.571. The molecule has 2 N–H and O–H groups in total. The molecule has 2 heteroatoms. The average molecular weight is 235 g/mol. The van der Waals surface area contributed by atoms with Gasteiger partial charge in [0.15, 0.2) is 0 Å². The zero-order chi connectivity index (χ0) is 11.4. The van der Waals surface area contributed by atoms with E-state index in [0.717, 1.165) is 22.6 Å². The molecule has 1 aliphatic rings. The number of anilines is 1. The molecule has 1 nitrogen and oxygen atoms in total. The van der Waals surface area contributed by atoms with E-state index in [1.165, 1.54) is 31.2 Å². The Bertz CT molecular complexity index is 320. The Balaban J connectivity index is 1.80. The third-order valence-corrected chi connectivity index (χ3v) is 4.75. The summed E-state index contributed by atoms with van der Waals surface area (Å²) in [7, 11) is 0. The minimum atomic E-state index is 0.861. The lowest BCUT2D eigenvalue weighted by Gasteiger charge is -2.26. The summed E-state index contributed by atoms with van der Waals surface area (Å²) in [6.45, 7) is 2.38. The normalized spacial score (nSPS) is 25.6. The van der Waals surface area contributed by atoms with Crippen LogP contribution in [0.3, 0.4) is 0 Å². The molecule has 0 bridgehead atoms. The quantitative estimate of drug-likeness (QED) is 0.799.